The molecular formula is C15H20ClN3O2. The summed E-state index contributed by atoms with van der Waals surface area (Å²) in [4.78, 5) is 4.36. The molecule has 1 atom stereocenters. The van der Waals surface area contributed by atoms with Crippen molar-refractivity contribution in [1.82, 2.24) is 15.5 Å². The second-order valence-electron chi connectivity index (χ2n) is 5.10. The van der Waals surface area contributed by atoms with E-state index in [2.05, 4.69) is 15.5 Å². The van der Waals surface area contributed by atoms with E-state index in [-0.39, 0.29) is 12.4 Å². The van der Waals surface area contributed by atoms with Gasteiger partial charge in [-0.25, -0.2) is 0 Å². The highest BCUT2D eigenvalue weighted by Gasteiger charge is 2.16. The minimum absolute atomic E-state index is 0. The smallest absolute Gasteiger partial charge is 0.226 e. The van der Waals surface area contributed by atoms with E-state index < -0.39 is 0 Å². The average Bonchev–Trinajstić information content (AvgIpc) is 3.16. The first-order chi connectivity index (χ1) is 9.90. The second kappa shape index (κ2) is 8.00. The highest BCUT2D eigenvalue weighted by molar-refractivity contribution is 5.85. The standard InChI is InChI=1S/C15H19N3O2.ClH/c1-2-4-13(5-3-1)19-11-14-17-15(20-18-14)7-6-12-8-9-16-10-12;/h1-5,12,16H,6-11H2;1H. The molecule has 2 aromatic rings. The molecule has 1 aromatic carbocycles. The predicted octanol–water partition coefficient (Wildman–Crippen LogP) is 2.61. The minimum Gasteiger partial charge on any atom is -0.485 e. The van der Waals surface area contributed by atoms with Crippen molar-refractivity contribution in [3.8, 4) is 5.75 Å². The highest BCUT2D eigenvalue weighted by Crippen LogP contribution is 2.15. The molecule has 1 fully saturated rings. The molecule has 1 unspecified atom stereocenters. The number of benzene rings is 1. The summed E-state index contributed by atoms with van der Waals surface area (Å²) in [5.41, 5.74) is 0. The van der Waals surface area contributed by atoms with Crippen LogP contribution >= 0.6 is 12.4 Å². The minimum atomic E-state index is 0. The lowest BCUT2D eigenvalue weighted by molar-refractivity contribution is 0.284. The molecule has 0 amide bonds. The molecule has 1 N–H and O–H groups in total. The predicted molar refractivity (Wildman–Crippen MR) is 81.6 cm³/mol. The molecule has 1 aliphatic heterocycles. The van der Waals surface area contributed by atoms with E-state index >= 15 is 0 Å². The first kappa shape index (κ1) is 15.8. The summed E-state index contributed by atoms with van der Waals surface area (Å²) in [7, 11) is 0. The van der Waals surface area contributed by atoms with Crippen molar-refractivity contribution in [2.45, 2.75) is 25.9 Å². The van der Waals surface area contributed by atoms with E-state index in [9.17, 15) is 0 Å². The fraction of sp³-hybridized carbons (Fsp3) is 0.467. The van der Waals surface area contributed by atoms with Crippen LogP contribution in [0.5, 0.6) is 5.75 Å². The number of aryl methyl sites for hydroxylation is 1. The van der Waals surface area contributed by atoms with Crippen LogP contribution in [-0.4, -0.2) is 23.2 Å². The third-order valence-corrected chi connectivity index (χ3v) is 3.55. The Morgan fingerprint density at radius 3 is 2.90 bits per heavy atom. The van der Waals surface area contributed by atoms with E-state index in [1.54, 1.807) is 0 Å². The Hall–Kier alpha value is -1.59. The van der Waals surface area contributed by atoms with Gasteiger partial charge in [0.15, 0.2) is 6.61 Å². The molecule has 21 heavy (non-hydrogen) atoms. The molecule has 3 rings (SSSR count). The number of aromatic nitrogens is 2. The van der Waals surface area contributed by atoms with Gasteiger partial charge in [-0.3, -0.25) is 0 Å². The Balaban J connectivity index is 0.00000161. The summed E-state index contributed by atoms with van der Waals surface area (Å²) in [5, 5.41) is 7.32. The Morgan fingerprint density at radius 1 is 1.29 bits per heavy atom. The number of para-hydroxylation sites is 1. The molecule has 6 heteroatoms. The maximum atomic E-state index is 5.59. The van der Waals surface area contributed by atoms with Crippen LogP contribution in [0, 0.1) is 5.92 Å². The zero-order chi connectivity index (χ0) is 13.6. The van der Waals surface area contributed by atoms with Gasteiger partial charge in [0.2, 0.25) is 11.7 Å². The van der Waals surface area contributed by atoms with Crippen molar-refractivity contribution in [1.29, 1.82) is 0 Å². The van der Waals surface area contributed by atoms with Gasteiger partial charge in [-0.2, -0.15) is 4.98 Å². The van der Waals surface area contributed by atoms with Crippen molar-refractivity contribution >= 4 is 12.4 Å². The van der Waals surface area contributed by atoms with Crippen LogP contribution in [-0.2, 0) is 13.0 Å². The average molecular weight is 310 g/mol. The molecule has 114 valence electrons. The van der Waals surface area contributed by atoms with Gasteiger partial charge in [-0.05, 0) is 44.0 Å². The van der Waals surface area contributed by atoms with Crippen LogP contribution in [0.15, 0.2) is 34.9 Å². The molecule has 1 aromatic heterocycles. The number of hydrogen-bond donors (Lipinski definition) is 1. The summed E-state index contributed by atoms with van der Waals surface area (Å²) < 4.78 is 10.8. The van der Waals surface area contributed by atoms with Crippen LogP contribution in [0.25, 0.3) is 0 Å². The lowest BCUT2D eigenvalue weighted by atomic mass is 10.0. The number of ether oxygens (including phenoxy) is 1. The van der Waals surface area contributed by atoms with Crippen LogP contribution in [0.2, 0.25) is 0 Å². The van der Waals surface area contributed by atoms with E-state index in [0.717, 1.165) is 37.6 Å². The van der Waals surface area contributed by atoms with Gasteiger partial charge in [0.05, 0.1) is 0 Å². The van der Waals surface area contributed by atoms with Gasteiger partial charge >= 0.3 is 0 Å². The van der Waals surface area contributed by atoms with E-state index in [1.165, 1.54) is 6.42 Å². The SMILES string of the molecule is Cl.c1ccc(OCc2noc(CCC3CCNC3)n2)cc1. The topological polar surface area (TPSA) is 60.2 Å². The summed E-state index contributed by atoms with van der Waals surface area (Å²) in [5.74, 6) is 2.87. The first-order valence-corrected chi connectivity index (χ1v) is 7.10. The fourth-order valence-electron chi connectivity index (χ4n) is 2.40. The summed E-state index contributed by atoms with van der Waals surface area (Å²) in [6.07, 6.45) is 3.21. The number of halogens is 1. The van der Waals surface area contributed by atoms with Gasteiger partial charge in [0, 0.05) is 6.42 Å². The molecule has 0 bridgehead atoms. The lowest BCUT2D eigenvalue weighted by Crippen LogP contribution is -2.09. The largest absolute Gasteiger partial charge is 0.485 e. The molecule has 5 nitrogen and oxygen atoms in total. The second-order valence-corrected chi connectivity index (χ2v) is 5.10. The third-order valence-electron chi connectivity index (χ3n) is 3.55. The zero-order valence-corrected chi connectivity index (χ0v) is 12.6. The molecule has 1 aliphatic rings. The van der Waals surface area contributed by atoms with Gasteiger partial charge in [-0.1, -0.05) is 23.4 Å². The highest BCUT2D eigenvalue weighted by atomic mass is 35.5. The first-order valence-electron chi connectivity index (χ1n) is 7.10. The third kappa shape index (κ3) is 4.72. The maximum absolute atomic E-state index is 5.59. The summed E-state index contributed by atoms with van der Waals surface area (Å²) >= 11 is 0. The lowest BCUT2D eigenvalue weighted by Gasteiger charge is -2.04. The molecule has 2 heterocycles. The summed E-state index contributed by atoms with van der Waals surface area (Å²) in [6.45, 7) is 2.58. The van der Waals surface area contributed by atoms with Gasteiger partial charge in [0.1, 0.15) is 5.75 Å². The fourth-order valence-corrected chi connectivity index (χ4v) is 2.40. The van der Waals surface area contributed by atoms with Crippen LogP contribution in [0.4, 0.5) is 0 Å². The number of rotatable bonds is 6. The quantitative estimate of drug-likeness (QED) is 0.889. The molecule has 0 radical (unpaired) electrons. The van der Waals surface area contributed by atoms with Crippen molar-refractivity contribution in [2.24, 2.45) is 5.92 Å². The van der Waals surface area contributed by atoms with Crippen LogP contribution < -0.4 is 10.1 Å². The zero-order valence-electron chi connectivity index (χ0n) is 11.8. The van der Waals surface area contributed by atoms with Crippen molar-refractivity contribution in [3.63, 3.8) is 0 Å². The Labute approximate surface area is 130 Å². The molecule has 0 saturated carbocycles. The van der Waals surface area contributed by atoms with Gasteiger partial charge < -0.3 is 14.6 Å². The monoisotopic (exact) mass is 309 g/mol. The van der Waals surface area contributed by atoms with Crippen LogP contribution in [0.1, 0.15) is 24.6 Å². The van der Waals surface area contributed by atoms with Crippen molar-refractivity contribution in [2.75, 3.05) is 13.1 Å². The van der Waals surface area contributed by atoms with E-state index in [1.807, 2.05) is 30.3 Å². The molecule has 1 saturated heterocycles. The van der Waals surface area contributed by atoms with Crippen LogP contribution in [0.3, 0.4) is 0 Å². The van der Waals surface area contributed by atoms with Gasteiger partial charge in [0.25, 0.3) is 0 Å². The van der Waals surface area contributed by atoms with Crippen molar-refractivity contribution in [3.05, 3.63) is 42.0 Å². The van der Waals surface area contributed by atoms with E-state index in [4.69, 9.17) is 9.26 Å². The van der Waals surface area contributed by atoms with Crippen molar-refractivity contribution < 1.29 is 9.26 Å². The Kier molecular flexibility index (Phi) is 6.02. The molecular weight excluding hydrogens is 290 g/mol. The summed E-state index contributed by atoms with van der Waals surface area (Å²) in [6, 6.07) is 9.65. The maximum Gasteiger partial charge on any atom is 0.226 e. The normalized spacial score (nSPS) is 17.4. The van der Waals surface area contributed by atoms with Gasteiger partial charge in [-0.15, -0.1) is 12.4 Å². The Bertz CT molecular complexity index is 527. The molecule has 0 spiro atoms. The number of nitrogens with one attached hydrogen (secondary N) is 1. The number of nitrogens with zero attached hydrogens (tertiary/aromatic N) is 2. The number of hydrogen-bond acceptors (Lipinski definition) is 5. The Morgan fingerprint density at radius 2 is 2.14 bits per heavy atom. The molecule has 0 aliphatic carbocycles. The van der Waals surface area contributed by atoms with E-state index in [0.29, 0.717) is 18.3 Å².